The number of nitrogens with zero attached hydrogens (tertiary/aromatic N) is 1. The summed E-state index contributed by atoms with van der Waals surface area (Å²) in [6.07, 6.45) is 6.08. The summed E-state index contributed by atoms with van der Waals surface area (Å²) >= 11 is 0. The lowest BCUT2D eigenvalue weighted by Crippen LogP contribution is -2.56. The highest BCUT2D eigenvalue weighted by molar-refractivity contribution is 4.94. The van der Waals surface area contributed by atoms with E-state index < -0.39 is 0 Å². The fourth-order valence-corrected chi connectivity index (χ4v) is 3.91. The summed E-state index contributed by atoms with van der Waals surface area (Å²) in [5.74, 6) is 0.779. The standard InChI is InChI=1S/C18H38N2O/c1-7-15(8-2)20(11-12-21-6)17-13-14(18(3,4)5)9-10-16(17)19/h14-17H,7-13,19H2,1-6H3. The third kappa shape index (κ3) is 5.22. The maximum Gasteiger partial charge on any atom is 0.0589 e. The van der Waals surface area contributed by atoms with E-state index in [1.807, 2.05) is 0 Å². The molecule has 1 fully saturated rings. The van der Waals surface area contributed by atoms with Gasteiger partial charge in [-0.2, -0.15) is 0 Å². The lowest BCUT2D eigenvalue weighted by Gasteiger charge is -2.47. The van der Waals surface area contributed by atoms with E-state index in [1.165, 1.54) is 25.7 Å². The van der Waals surface area contributed by atoms with Gasteiger partial charge in [0.1, 0.15) is 0 Å². The summed E-state index contributed by atoms with van der Waals surface area (Å²) in [7, 11) is 1.80. The Labute approximate surface area is 132 Å². The van der Waals surface area contributed by atoms with Crippen LogP contribution in [0.5, 0.6) is 0 Å². The van der Waals surface area contributed by atoms with Crippen LogP contribution in [0.4, 0.5) is 0 Å². The van der Waals surface area contributed by atoms with Gasteiger partial charge in [-0.1, -0.05) is 34.6 Å². The van der Waals surface area contributed by atoms with Gasteiger partial charge < -0.3 is 10.5 Å². The molecule has 3 unspecified atom stereocenters. The predicted octanol–water partition coefficient (Wildman–Crippen LogP) is 3.67. The molecule has 0 aromatic heterocycles. The van der Waals surface area contributed by atoms with Crippen LogP contribution in [0.15, 0.2) is 0 Å². The quantitative estimate of drug-likeness (QED) is 0.779. The van der Waals surface area contributed by atoms with Crippen molar-refractivity contribution in [2.75, 3.05) is 20.3 Å². The van der Waals surface area contributed by atoms with E-state index in [0.717, 1.165) is 25.5 Å². The Balaban J connectivity index is 2.86. The van der Waals surface area contributed by atoms with E-state index in [9.17, 15) is 0 Å². The van der Waals surface area contributed by atoms with Gasteiger partial charge in [-0.15, -0.1) is 0 Å². The Hall–Kier alpha value is -0.120. The van der Waals surface area contributed by atoms with Crippen LogP contribution in [0.2, 0.25) is 0 Å². The van der Waals surface area contributed by atoms with Gasteiger partial charge >= 0.3 is 0 Å². The molecule has 3 heteroatoms. The molecule has 0 aliphatic heterocycles. The van der Waals surface area contributed by atoms with Gasteiger partial charge in [0, 0.05) is 31.8 Å². The van der Waals surface area contributed by atoms with Crippen LogP contribution < -0.4 is 5.73 Å². The Morgan fingerprint density at radius 2 is 1.81 bits per heavy atom. The highest BCUT2D eigenvalue weighted by atomic mass is 16.5. The van der Waals surface area contributed by atoms with Crippen molar-refractivity contribution in [3.05, 3.63) is 0 Å². The zero-order chi connectivity index (χ0) is 16.0. The first-order valence-corrected chi connectivity index (χ1v) is 8.85. The van der Waals surface area contributed by atoms with Crippen LogP contribution in [-0.4, -0.2) is 43.3 Å². The summed E-state index contributed by atoms with van der Waals surface area (Å²) in [6.45, 7) is 13.5. The van der Waals surface area contributed by atoms with Crippen LogP contribution in [0.25, 0.3) is 0 Å². The van der Waals surface area contributed by atoms with Crippen LogP contribution >= 0.6 is 0 Å². The molecular weight excluding hydrogens is 260 g/mol. The molecule has 0 radical (unpaired) electrons. The smallest absolute Gasteiger partial charge is 0.0589 e. The monoisotopic (exact) mass is 298 g/mol. The predicted molar refractivity (Wildman–Crippen MR) is 91.5 cm³/mol. The highest BCUT2D eigenvalue weighted by Gasteiger charge is 2.38. The molecule has 0 spiro atoms. The minimum Gasteiger partial charge on any atom is -0.383 e. The average molecular weight is 299 g/mol. The van der Waals surface area contributed by atoms with Crippen molar-refractivity contribution in [3.63, 3.8) is 0 Å². The second-order valence-corrected chi connectivity index (χ2v) is 7.81. The normalized spacial score (nSPS) is 27.6. The molecule has 1 saturated carbocycles. The molecule has 3 nitrogen and oxygen atoms in total. The Morgan fingerprint density at radius 3 is 2.29 bits per heavy atom. The summed E-state index contributed by atoms with van der Waals surface area (Å²) in [5.41, 5.74) is 6.91. The van der Waals surface area contributed by atoms with E-state index in [1.54, 1.807) is 7.11 Å². The second kappa shape index (κ2) is 8.50. The molecule has 21 heavy (non-hydrogen) atoms. The molecular formula is C18H38N2O. The number of ether oxygens (including phenoxy) is 1. The first-order chi connectivity index (χ1) is 9.85. The molecule has 0 amide bonds. The molecule has 3 atom stereocenters. The third-order valence-electron chi connectivity index (χ3n) is 5.48. The molecule has 1 aliphatic carbocycles. The molecule has 1 aliphatic rings. The van der Waals surface area contributed by atoms with E-state index in [-0.39, 0.29) is 0 Å². The average Bonchev–Trinajstić information content (AvgIpc) is 2.43. The van der Waals surface area contributed by atoms with E-state index in [4.69, 9.17) is 10.5 Å². The SMILES string of the molecule is CCC(CC)N(CCOC)C1CC(C(C)(C)C)CCC1N. The first kappa shape index (κ1) is 18.9. The van der Waals surface area contributed by atoms with Gasteiger partial charge in [0.15, 0.2) is 0 Å². The zero-order valence-electron chi connectivity index (χ0n) is 15.2. The summed E-state index contributed by atoms with van der Waals surface area (Å²) in [6, 6.07) is 1.47. The van der Waals surface area contributed by atoms with Gasteiger partial charge in [0.05, 0.1) is 6.61 Å². The van der Waals surface area contributed by atoms with Gasteiger partial charge in [-0.05, 0) is 43.4 Å². The van der Waals surface area contributed by atoms with Crippen molar-refractivity contribution in [3.8, 4) is 0 Å². The largest absolute Gasteiger partial charge is 0.383 e. The van der Waals surface area contributed by atoms with Crippen molar-refractivity contribution < 1.29 is 4.74 Å². The molecule has 0 saturated heterocycles. The highest BCUT2D eigenvalue weighted by Crippen LogP contribution is 2.39. The topological polar surface area (TPSA) is 38.5 Å². The van der Waals surface area contributed by atoms with Gasteiger partial charge in [-0.25, -0.2) is 0 Å². The number of nitrogens with two attached hydrogens (primary N) is 1. The van der Waals surface area contributed by atoms with Gasteiger partial charge in [-0.3, -0.25) is 4.90 Å². The second-order valence-electron chi connectivity index (χ2n) is 7.81. The fourth-order valence-electron chi connectivity index (χ4n) is 3.91. The number of methoxy groups -OCH3 is 1. The number of hydrogen-bond donors (Lipinski definition) is 1. The van der Waals surface area contributed by atoms with Gasteiger partial charge in [0.25, 0.3) is 0 Å². The van der Waals surface area contributed by atoms with E-state index in [2.05, 4.69) is 39.5 Å². The minimum absolute atomic E-state index is 0.320. The summed E-state index contributed by atoms with van der Waals surface area (Å²) in [5, 5.41) is 0. The van der Waals surface area contributed by atoms with Crippen molar-refractivity contribution in [1.29, 1.82) is 0 Å². The van der Waals surface area contributed by atoms with Crippen molar-refractivity contribution in [2.24, 2.45) is 17.1 Å². The summed E-state index contributed by atoms with van der Waals surface area (Å²) < 4.78 is 5.35. The maximum absolute atomic E-state index is 6.52. The van der Waals surface area contributed by atoms with Crippen LogP contribution in [0.1, 0.15) is 66.7 Å². The Morgan fingerprint density at radius 1 is 1.19 bits per heavy atom. The van der Waals surface area contributed by atoms with E-state index in [0.29, 0.717) is 23.5 Å². The molecule has 0 aromatic rings. The van der Waals surface area contributed by atoms with E-state index >= 15 is 0 Å². The summed E-state index contributed by atoms with van der Waals surface area (Å²) in [4.78, 5) is 2.66. The fraction of sp³-hybridized carbons (Fsp3) is 1.00. The van der Waals surface area contributed by atoms with Crippen LogP contribution in [-0.2, 0) is 4.74 Å². The minimum atomic E-state index is 0.320. The molecule has 0 heterocycles. The third-order valence-corrected chi connectivity index (χ3v) is 5.48. The molecule has 1 rings (SSSR count). The first-order valence-electron chi connectivity index (χ1n) is 8.85. The Bertz CT molecular complexity index is 283. The lowest BCUT2D eigenvalue weighted by molar-refractivity contribution is 0.0224. The van der Waals surface area contributed by atoms with Crippen molar-refractivity contribution in [2.45, 2.75) is 84.8 Å². The van der Waals surface area contributed by atoms with Crippen molar-refractivity contribution in [1.82, 2.24) is 4.90 Å². The molecule has 126 valence electrons. The van der Waals surface area contributed by atoms with Crippen LogP contribution in [0.3, 0.4) is 0 Å². The van der Waals surface area contributed by atoms with Gasteiger partial charge in [0.2, 0.25) is 0 Å². The molecule has 0 aromatic carbocycles. The number of hydrogen-bond acceptors (Lipinski definition) is 3. The Kier molecular flexibility index (Phi) is 7.66. The molecule has 2 N–H and O–H groups in total. The lowest BCUT2D eigenvalue weighted by atomic mass is 9.69. The zero-order valence-corrected chi connectivity index (χ0v) is 15.2. The molecule has 0 bridgehead atoms. The van der Waals surface area contributed by atoms with Crippen molar-refractivity contribution >= 4 is 0 Å². The van der Waals surface area contributed by atoms with Crippen LogP contribution in [0, 0.1) is 11.3 Å². The number of rotatable bonds is 7. The maximum atomic E-state index is 6.52.